The van der Waals surface area contributed by atoms with Gasteiger partial charge in [0.25, 0.3) is 0 Å². The Labute approximate surface area is 187 Å². The van der Waals surface area contributed by atoms with E-state index in [9.17, 15) is 31.1 Å². The van der Waals surface area contributed by atoms with Gasteiger partial charge in [-0.3, -0.25) is 4.98 Å². The summed E-state index contributed by atoms with van der Waals surface area (Å²) in [4.78, 5) is 24.2. The van der Waals surface area contributed by atoms with E-state index >= 15 is 0 Å². The van der Waals surface area contributed by atoms with E-state index in [-0.39, 0.29) is 16.9 Å². The number of pyridine rings is 2. The molecule has 1 N–H and O–H groups in total. The Morgan fingerprint density at radius 1 is 1.06 bits per heavy atom. The molecule has 13 heteroatoms. The second-order valence-electron chi connectivity index (χ2n) is 7.05. The smallest absolute Gasteiger partial charge is 0.433 e. The molecule has 0 fully saturated rings. The molecule has 3 heterocycles. The normalized spacial score (nSPS) is 12.2. The van der Waals surface area contributed by atoms with E-state index in [1.54, 1.807) is 0 Å². The molecule has 0 radical (unpaired) electrons. The number of nitrogens with zero attached hydrogens (tertiary/aromatic N) is 3. The highest BCUT2D eigenvalue weighted by atomic mass is 32.1. The number of nitrogens with one attached hydrogen (secondary N) is 1. The third-order valence-corrected chi connectivity index (χ3v) is 5.62. The van der Waals surface area contributed by atoms with Gasteiger partial charge < -0.3 is 10.1 Å². The number of hydrogen-bond donors (Lipinski definition) is 1. The first kappa shape index (κ1) is 24.4. The molecule has 6 nitrogen and oxygen atoms in total. The van der Waals surface area contributed by atoms with Crippen LogP contribution in [0.4, 0.5) is 37.3 Å². The number of anilines is 2. The highest BCUT2D eigenvalue weighted by molar-refractivity contribution is 7.16. The average Bonchev–Trinajstić information content (AvgIpc) is 3.16. The van der Waals surface area contributed by atoms with Crippen molar-refractivity contribution in [1.82, 2.24) is 15.0 Å². The number of alkyl halides is 6. The van der Waals surface area contributed by atoms with Crippen LogP contribution in [-0.2, 0) is 17.1 Å². The Bertz CT molecular complexity index is 1160. The number of carbonyl (C=O) groups is 1. The van der Waals surface area contributed by atoms with Crippen LogP contribution in [0.25, 0.3) is 11.3 Å². The van der Waals surface area contributed by atoms with Crippen LogP contribution < -0.4 is 5.32 Å². The maximum absolute atomic E-state index is 13.0. The Morgan fingerprint density at radius 2 is 1.76 bits per heavy atom. The molecule has 0 aromatic carbocycles. The van der Waals surface area contributed by atoms with Crippen molar-refractivity contribution in [1.29, 1.82) is 0 Å². The maximum atomic E-state index is 13.0. The summed E-state index contributed by atoms with van der Waals surface area (Å²) in [5, 5.41) is 2.89. The molecular formula is C20H16F6N4O2S. The van der Waals surface area contributed by atoms with Crippen molar-refractivity contribution in [3.63, 3.8) is 0 Å². The number of ether oxygens (including phenoxy) is 1. The van der Waals surface area contributed by atoms with Crippen molar-refractivity contribution in [3.05, 3.63) is 52.3 Å². The lowest BCUT2D eigenvalue weighted by atomic mass is 10.1. The molecule has 3 aromatic heterocycles. The number of rotatable bonds is 5. The van der Waals surface area contributed by atoms with E-state index in [4.69, 9.17) is 0 Å². The van der Waals surface area contributed by atoms with E-state index in [1.807, 2.05) is 13.8 Å². The minimum absolute atomic E-state index is 0.0871. The molecule has 0 atom stereocenters. The lowest BCUT2D eigenvalue weighted by Crippen LogP contribution is -2.12. The molecule has 0 saturated heterocycles. The first-order valence-corrected chi connectivity index (χ1v) is 10.1. The lowest BCUT2D eigenvalue weighted by Gasteiger charge is -2.11. The van der Waals surface area contributed by atoms with Crippen molar-refractivity contribution in [2.45, 2.75) is 32.1 Å². The zero-order valence-corrected chi connectivity index (χ0v) is 18.1. The zero-order valence-electron chi connectivity index (χ0n) is 17.3. The molecule has 0 aliphatic heterocycles. The molecular weight excluding hydrogens is 474 g/mol. The first-order valence-electron chi connectivity index (χ1n) is 9.28. The second-order valence-corrected chi connectivity index (χ2v) is 8.08. The van der Waals surface area contributed by atoms with Gasteiger partial charge in [-0.1, -0.05) is 13.8 Å². The first-order chi connectivity index (χ1) is 15.3. The highest BCUT2D eigenvalue weighted by Crippen LogP contribution is 2.38. The molecule has 0 aliphatic carbocycles. The van der Waals surface area contributed by atoms with E-state index in [2.05, 4.69) is 25.0 Å². The molecule has 0 bridgehead atoms. The molecule has 0 amide bonds. The number of halogens is 6. The third-order valence-electron chi connectivity index (χ3n) is 4.35. The van der Waals surface area contributed by atoms with Gasteiger partial charge in [0.1, 0.15) is 17.1 Å². The fraction of sp³-hybridized carbons (Fsp3) is 0.300. The Hall–Kier alpha value is -3.22. The SMILES string of the molecule is COC(=O)c1cc(C(F)(F)F)cnc1Nc1nc(-c2ccc(C(F)(F)F)nc2)c(C(C)C)s1. The molecule has 0 aliphatic rings. The Kier molecular flexibility index (Phi) is 6.63. The topological polar surface area (TPSA) is 77.0 Å². The van der Waals surface area contributed by atoms with E-state index in [1.165, 1.54) is 6.07 Å². The molecule has 176 valence electrons. The predicted octanol–water partition coefficient (Wildman–Crippen LogP) is 6.29. The number of hydrogen-bond acceptors (Lipinski definition) is 7. The fourth-order valence-corrected chi connectivity index (χ4v) is 3.76. The lowest BCUT2D eigenvalue weighted by molar-refractivity contribution is -0.141. The van der Waals surface area contributed by atoms with Crippen molar-refractivity contribution in [2.24, 2.45) is 0 Å². The van der Waals surface area contributed by atoms with Gasteiger partial charge in [0, 0.05) is 22.8 Å². The zero-order chi connectivity index (χ0) is 24.6. The fourth-order valence-electron chi connectivity index (χ4n) is 2.77. The summed E-state index contributed by atoms with van der Waals surface area (Å²) in [6.45, 7) is 3.68. The number of esters is 1. The van der Waals surface area contributed by atoms with E-state index < -0.39 is 35.1 Å². The van der Waals surface area contributed by atoms with Gasteiger partial charge >= 0.3 is 18.3 Å². The Morgan fingerprint density at radius 3 is 2.27 bits per heavy atom. The van der Waals surface area contributed by atoms with Crippen molar-refractivity contribution in [3.8, 4) is 11.3 Å². The Balaban J connectivity index is 2.01. The van der Waals surface area contributed by atoms with Gasteiger partial charge in [0.05, 0.1) is 18.4 Å². The van der Waals surface area contributed by atoms with Gasteiger partial charge in [-0.2, -0.15) is 26.3 Å². The number of methoxy groups -OCH3 is 1. The number of aromatic nitrogens is 3. The number of carbonyl (C=O) groups excluding carboxylic acids is 1. The van der Waals surface area contributed by atoms with Gasteiger partial charge in [-0.15, -0.1) is 11.3 Å². The molecule has 0 saturated carbocycles. The molecule has 0 unspecified atom stereocenters. The molecule has 3 rings (SSSR count). The van der Waals surface area contributed by atoms with Gasteiger partial charge in [0.15, 0.2) is 5.13 Å². The maximum Gasteiger partial charge on any atom is 0.433 e. The van der Waals surface area contributed by atoms with Crippen molar-refractivity contribution >= 4 is 28.3 Å². The van der Waals surface area contributed by atoms with Gasteiger partial charge in [-0.25, -0.2) is 14.8 Å². The summed E-state index contributed by atoms with van der Waals surface area (Å²) < 4.78 is 82.1. The average molecular weight is 490 g/mol. The van der Waals surface area contributed by atoms with Crippen LogP contribution in [0.2, 0.25) is 0 Å². The van der Waals surface area contributed by atoms with Gasteiger partial charge in [0.2, 0.25) is 0 Å². The van der Waals surface area contributed by atoms with Crippen molar-refractivity contribution < 1.29 is 35.9 Å². The number of thiazole rings is 1. The standard InChI is InChI=1S/C20H16F6N4O2S/c1-9(2)15-14(10-4-5-13(27-7-10)20(24,25)26)29-18(33-15)30-16-12(17(31)32-3)6-11(8-28-16)19(21,22)23/h4-9H,1-3H3,(H,28,29,30). The largest absolute Gasteiger partial charge is 0.465 e. The monoisotopic (exact) mass is 490 g/mol. The summed E-state index contributed by atoms with van der Waals surface area (Å²) in [6, 6.07) is 2.67. The minimum Gasteiger partial charge on any atom is -0.465 e. The molecule has 33 heavy (non-hydrogen) atoms. The van der Waals surface area contributed by atoms with Crippen LogP contribution in [0.5, 0.6) is 0 Å². The summed E-state index contributed by atoms with van der Waals surface area (Å²) in [5.41, 5.74) is -1.96. The van der Waals surface area contributed by atoms with Gasteiger partial charge in [-0.05, 0) is 24.1 Å². The summed E-state index contributed by atoms with van der Waals surface area (Å²) in [5.74, 6) is -1.34. The van der Waals surface area contributed by atoms with Crippen LogP contribution in [0.3, 0.4) is 0 Å². The van der Waals surface area contributed by atoms with E-state index in [0.717, 1.165) is 30.7 Å². The molecule has 0 spiro atoms. The van der Waals surface area contributed by atoms with Crippen LogP contribution in [0.15, 0.2) is 30.6 Å². The third kappa shape index (κ3) is 5.41. The minimum atomic E-state index is -4.72. The second kappa shape index (κ2) is 8.96. The molecule has 3 aromatic rings. The van der Waals surface area contributed by atoms with Crippen LogP contribution in [0, 0.1) is 0 Å². The van der Waals surface area contributed by atoms with Crippen LogP contribution >= 0.6 is 11.3 Å². The summed E-state index contributed by atoms with van der Waals surface area (Å²) in [6.07, 6.45) is -7.70. The van der Waals surface area contributed by atoms with E-state index in [0.29, 0.717) is 28.4 Å². The van der Waals surface area contributed by atoms with Crippen LogP contribution in [-0.4, -0.2) is 28.0 Å². The predicted molar refractivity (Wildman–Crippen MR) is 108 cm³/mol. The summed E-state index contributed by atoms with van der Waals surface area (Å²) >= 11 is 1.12. The quantitative estimate of drug-likeness (QED) is 0.335. The van der Waals surface area contributed by atoms with Crippen LogP contribution in [0.1, 0.15) is 46.3 Å². The summed E-state index contributed by atoms with van der Waals surface area (Å²) in [7, 11) is 1.02. The van der Waals surface area contributed by atoms with Crippen molar-refractivity contribution in [2.75, 3.05) is 12.4 Å². The highest BCUT2D eigenvalue weighted by Gasteiger charge is 2.34.